The molecule has 0 amide bonds. The zero-order valence-corrected chi connectivity index (χ0v) is 9.56. The van der Waals surface area contributed by atoms with Crippen LogP contribution in [0, 0.1) is 5.92 Å². The van der Waals surface area contributed by atoms with Crippen molar-refractivity contribution in [3.63, 3.8) is 0 Å². The zero-order valence-electron chi connectivity index (χ0n) is 9.56. The van der Waals surface area contributed by atoms with Gasteiger partial charge in [0.1, 0.15) is 5.75 Å². The van der Waals surface area contributed by atoms with E-state index in [4.69, 9.17) is 4.74 Å². The monoisotopic (exact) mass is 219 g/mol. The Morgan fingerprint density at radius 3 is 2.50 bits per heavy atom. The third kappa shape index (κ3) is 2.83. The summed E-state index contributed by atoms with van der Waals surface area (Å²) in [5.74, 6) is 0.627. The lowest BCUT2D eigenvalue weighted by Gasteiger charge is -2.27. The van der Waals surface area contributed by atoms with Crippen LogP contribution in [0.4, 0.5) is 0 Å². The molecule has 1 aliphatic heterocycles. The fourth-order valence-electron chi connectivity index (χ4n) is 1.93. The molecule has 0 aromatic heterocycles. The van der Waals surface area contributed by atoms with E-state index in [0.717, 1.165) is 25.9 Å². The van der Waals surface area contributed by atoms with Gasteiger partial charge in [-0.25, -0.2) is 0 Å². The van der Waals surface area contributed by atoms with E-state index in [1.54, 1.807) is 0 Å². The Labute approximate surface area is 96.0 Å². The first-order chi connectivity index (χ1) is 7.75. The maximum absolute atomic E-state index is 11.8. The molecule has 0 bridgehead atoms. The molecule has 16 heavy (non-hydrogen) atoms. The van der Waals surface area contributed by atoms with E-state index in [0.29, 0.717) is 5.75 Å². The van der Waals surface area contributed by atoms with Crippen LogP contribution in [0.5, 0.6) is 5.75 Å². The van der Waals surface area contributed by atoms with Crippen LogP contribution in [-0.4, -0.2) is 31.0 Å². The molecule has 1 aliphatic rings. The second-order valence-corrected chi connectivity index (χ2v) is 4.31. The average molecular weight is 219 g/mol. The highest BCUT2D eigenvalue weighted by Gasteiger charge is 2.24. The van der Waals surface area contributed by atoms with Gasteiger partial charge in [-0.05, 0) is 45.1 Å². The van der Waals surface area contributed by atoms with Crippen LogP contribution in [0.1, 0.15) is 12.8 Å². The number of rotatable bonds is 2. The lowest BCUT2D eigenvalue weighted by molar-refractivity contribution is -0.140. The predicted octanol–water partition coefficient (Wildman–Crippen LogP) is 1.93. The summed E-state index contributed by atoms with van der Waals surface area (Å²) in [4.78, 5) is 14.1. The largest absolute Gasteiger partial charge is 0.426 e. The van der Waals surface area contributed by atoms with Crippen molar-refractivity contribution in [3.8, 4) is 5.75 Å². The van der Waals surface area contributed by atoms with Gasteiger partial charge in [-0.2, -0.15) is 0 Å². The van der Waals surface area contributed by atoms with Gasteiger partial charge < -0.3 is 9.64 Å². The molecule has 0 atom stereocenters. The first kappa shape index (κ1) is 11.1. The van der Waals surface area contributed by atoms with Crippen molar-refractivity contribution in [2.45, 2.75) is 12.8 Å². The molecular weight excluding hydrogens is 202 g/mol. The molecule has 86 valence electrons. The molecule has 1 fully saturated rings. The summed E-state index contributed by atoms with van der Waals surface area (Å²) in [6.45, 7) is 1.96. The van der Waals surface area contributed by atoms with Crippen LogP contribution in [0.2, 0.25) is 0 Å². The lowest BCUT2D eigenvalue weighted by atomic mass is 9.97. The Hall–Kier alpha value is -1.35. The summed E-state index contributed by atoms with van der Waals surface area (Å²) < 4.78 is 5.33. The van der Waals surface area contributed by atoms with Gasteiger partial charge in [0, 0.05) is 0 Å². The molecule has 1 aromatic rings. The number of benzene rings is 1. The van der Waals surface area contributed by atoms with E-state index in [9.17, 15) is 4.79 Å². The first-order valence-corrected chi connectivity index (χ1v) is 5.71. The van der Waals surface area contributed by atoms with Gasteiger partial charge in [-0.1, -0.05) is 18.2 Å². The quantitative estimate of drug-likeness (QED) is 0.562. The van der Waals surface area contributed by atoms with Crippen LogP contribution in [-0.2, 0) is 4.79 Å². The van der Waals surface area contributed by atoms with Crippen molar-refractivity contribution in [2.75, 3.05) is 20.1 Å². The third-order valence-corrected chi connectivity index (χ3v) is 3.01. The number of likely N-dealkylation sites (tertiary alicyclic amines) is 1. The second-order valence-electron chi connectivity index (χ2n) is 4.31. The summed E-state index contributed by atoms with van der Waals surface area (Å²) in [5, 5.41) is 0. The molecule has 0 unspecified atom stereocenters. The van der Waals surface area contributed by atoms with E-state index < -0.39 is 0 Å². The SMILES string of the molecule is CN1CCC(C(=O)Oc2ccccc2)CC1. The molecular formula is C13H17NO2. The van der Waals surface area contributed by atoms with Crippen LogP contribution >= 0.6 is 0 Å². The van der Waals surface area contributed by atoms with Gasteiger partial charge in [0.25, 0.3) is 0 Å². The maximum atomic E-state index is 11.8. The van der Waals surface area contributed by atoms with Crippen molar-refractivity contribution < 1.29 is 9.53 Å². The average Bonchev–Trinajstić information content (AvgIpc) is 2.31. The Morgan fingerprint density at radius 2 is 1.88 bits per heavy atom. The number of hydrogen-bond donors (Lipinski definition) is 0. The Morgan fingerprint density at radius 1 is 1.25 bits per heavy atom. The molecule has 2 rings (SSSR count). The van der Waals surface area contributed by atoms with Gasteiger partial charge in [0.15, 0.2) is 0 Å². The minimum absolute atomic E-state index is 0.0661. The second kappa shape index (κ2) is 5.12. The number of carbonyl (C=O) groups excluding carboxylic acids is 1. The van der Waals surface area contributed by atoms with E-state index in [1.165, 1.54) is 0 Å². The van der Waals surface area contributed by atoms with Crippen molar-refractivity contribution in [1.82, 2.24) is 4.90 Å². The third-order valence-electron chi connectivity index (χ3n) is 3.01. The molecule has 3 heteroatoms. The van der Waals surface area contributed by atoms with Crippen LogP contribution in [0.15, 0.2) is 30.3 Å². The summed E-state index contributed by atoms with van der Waals surface area (Å²) in [6.07, 6.45) is 1.81. The number of esters is 1. The Kier molecular flexibility index (Phi) is 3.57. The maximum Gasteiger partial charge on any atom is 0.314 e. The van der Waals surface area contributed by atoms with Crippen LogP contribution in [0.3, 0.4) is 0 Å². The van der Waals surface area contributed by atoms with Gasteiger partial charge >= 0.3 is 5.97 Å². The minimum atomic E-state index is -0.0840. The minimum Gasteiger partial charge on any atom is -0.426 e. The molecule has 1 saturated heterocycles. The predicted molar refractivity (Wildman–Crippen MR) is 62.3 cm³/mol. The molecule has 0 N–H and O–H groups in total. The van der Waals surface area contributed by atoms with Crippen LogP contribution < -0.4 is 4.74 Å². The molecule has 1 heterocycles. The molecule has 0 aliphatic carbocycles. The summed E-state index contributed by atoms with van der Waals surface area (Å²) in [7, 11) is 2.08. The molecule has 3 nitrogen and oxygen atoms in total. The highest BCUT2D eigenvalue weighted by Crippen LogP contribution is 2.19. The number of hydrogen-bond acceptors (Lipinski definition) is 3. The smallest absolute Gasteiger partial charge is 0.314 e. The molecule has 0 spiro atoms. The molecule has 0 radical (unpaired) electrons. The van der Waals surface area contributed by atoms with E-state index in [1.807, 2.05) is 30.3 Å². The highest BCUT2D eigenvalue weighted by atomic mass is 16.5. The fourth-order valence-corrected chi connectivity index (χ4v) is 1.93. The van der Waals surface area contributed by atoms with Crippen LogP contribution in [0.25, 0.3) is 0 Å². The van der Waals surface area contributed by atoms with Gasteiger partial charge in [-0.3, -0.25) is 4.79 Å². The number of nitrogens with zero attached hydrogens (tertiary/aromatic N) is 1. The van der Waals surface area contributed by atoms with Gasteiger partial charge in [0.05, 0.1) is 5.92 Å². The summed E-state index contributed by atoms with van der Waals surface area (Å²) in [5.41, 5.74) is 0. The van der Waals surface area contributed by atoms with Crippen molar-refractivity contribution >= 4 is 5.97 Å². The summed E-state index contributed by atoms with van der Waals surface area (Å²) >= 11 is 0. The Balaban J connectivity index is 1.89. The molecule has 1 aromatic carbocycles. The van der Waals surface area contributed by atoms with Crippen molar-refractivity contribution in [2.24, 2.45) is 5.92 Å². The van der Waals surface area contributed by atoms with Crippen molar-refractivity contribution in [1.29, 1.82) is 0 Å². The topological polar surface area (TPSA) is 29.5 Å². The van der Waals surface area contributed by atoms with E-state index >= 15 is 0 Å². The Bertz CT molecular complexity index is 342. The highest BCUT2D eigenvalue weighted by molar-refractivity contribution is 5.75. The lowest BCUT2D eigenvalue weighted by Crippen LogP contribution is -2.35. The number of piperidine rings is 1. The van der Waals surface area contributed by atoms with E-state index in [-0.39, 0.29) is 11.9 Å². The van der Waals surface area contributed by atoms with Gasteiger partial charge in [-0.15, -0.1) is 0 Å². The standard InChI is InChI=1S/C13H17NO2/c1-14-9-7-11(8-10-14)13(15)16-12-5-3-2-4-6-12/h2-6,11H,7-10H2,1H3. The molecule has 0 saturated carbocycles. The number of carbonyl (C=O) groups is 1. The normalized spacial score (nSPS) is 18.3. The first-order valence-electron chi connectivity index (χ1n) is 5.71. The number of ether oxygens (including phenoxy) is 1. The fraction of sp³-hybridized carbons (Fsp3) is 0.462. The zero-order chi connectivity index (χ0) is 11.4. The van der Waals surface area contributed by atoms with Crippen molar-refractivity contribution in [3.05, 3.63) is 30.3 Å². The summed E-state index contributed by atoms with van der Waals surface area (Å²) in [6, 6.07) is 9.28. The van der Waals surface area contributed by atoms with Gasteiger partial charge in [0.2, 0.25) is 0 Å². The number of para-hydroxylation sites is 1. The van der Waals surface area contributed by atoms with E-state index in [2.05, 4.69) is 11.9 Å².